The van der Waals surface area contributed by atoms with Crippen molar-refractivity contribution in [3.05, 3.63) is 77.1 Å². The van der Waals surface area contributed by atoms with Crippen LogP contribution in [0.5, 0.6) is 11.5 Å². The quantitative estimate of drug-likeness (QED) is 0.601. The fraction of sp³-hybridized carbons (Fsp3) is 0.190. The highest BCUT2D eigenvalue weighted by molar-refractivity contribution is 5.95. The van der Waals surface area contributed by atoms with Gasteiger partial charge in [0.2, 0.25) is 0 Å². The molecule has 10 heteroatoms. The van der Waals surface area contributed by atoms with Crippen LogP contribution in [0.15, 0.2) is 54.6 Å². The molecule has 31 heavy (non-hydrogen) atoms. The smallest absolute Gasteiger partial charge is 0.416 e. The van der Waals surface area contributed by atoms with E-state index >= 15 is 0 Å². The first-order valence-electron chi connectivity index (χ1n) is 9.17. The van der Waals surface area contributed by atoms with Gasteiger partial charge < -0.3 is 4.74 Å². The van der Waals surface area contributed by atoms with Crippen molar-refractivity contribution in [1.29, 1.82) is 0 Å². The molecule has 0 unspecified atom stereocenters. The van der Waals surface area contributed by atoms with Crippen molar-refractivity contribution >= 4 is 11.8 Å². The fourth-order valence-corrected chi connectivity index (χ4v) is 2.78. The normalized spacial score (nSPS) is 11.1. The van der Waals surface area contributed by atoms with E-state index < -0.39 is 23.6 Å². The van der Waals surface area contributed by atoms with Gasteiger partial charge in [-0.25, -0.2) is 0 Å². The number of hydrazine groups is 1. The van der Waals surface area contributed by atoms with E-state index in [4.69, 9.17) is 4.74 Å². The minimum atomic E-state index is -4.49. The molecular weight excluding hydrogens is 413 g/mol. The molecule has 0 bridgehead atoms. The van der Waals surface area contributed by atoms with Crippen molar-refractivity contribution in [3.8, 4) is 11.5 Å². The number of carbonyl (C=O) groups excluding carboxylic acids is 2. The second-order valence-corrected chi connectivity index (χ2v) is 6.74. The molecular formula is C21H19F3N4O3. The molecule has 0 saturated heterocycles. The number of carbonyl (C=O) groups is 2. The van der Waals surface area contributed by atoms with Gasteiger partial charge in [-0.1, -0.05) is 12.1 Å². The number of hydrogen-bond acceptors (Lipinski definition) is 4. The standard InChI is InChI=1S/C21H19F3N4O3/c1-13-9-14(2)28(27-13)12-19(29)25-26-20(30)15-5-3-7-17(10-15)31-18-8-4-6-16(11-18)21(22,23)24/h3-11H,12H2,1-2H3,(H,25,29)(H,26,30). The minimum absolute atomic E-state index is 0.0226. The summed E-state index contributed by atoms with van der Waals surface area (Å²) < 4.78 is 45.5. The summed E-state index contributed by atoms with van der Waals surface area (Å²) in [6, 6.07) is 12.1. The zero-order valence-electron chi connectivity index (χ0n) is 16.7. The number of aromatic nitrogens is 2. The van der Waals surface area contributed by atoms with Crippen molar-refractivity contribution in [2.24, 2.45) is 0 Å². The van der Waals surface area contributed by atoms with Crippen molar-refractivity contribution in [3.63, 3.8) is 0 Å². The average molecular weight is 432 g/mol. The van der Waals surface area contributed by atoms with E-state index in [2.05, 4.69) is 16.0 Å². The third-order valence-electron chi connectivity index (χ3n) is 4.21. The number of halogens is 3. The Bertz CT molecular complexity index is 1110. The van der Waals surface area contributed by atoms with E-state index in [1.165, 1.54) is 41.1 Å². The molecule has 162 valence electrons. The Morgan fingerprint density at radius 1 is 1.00 bits per heavy atom. The predicted octanol–water partition coefficient (Wildman–Crippen LogP) is 3.77. The van der Waals surface area contributed by atoms with E-state index in [1.807, 2.05) is 13.0 Å². The molecule has 0 aliphatic heterocycles. The summed E-state index contributed by atoms with van der Waals surface area (Å²) in [6.07, 6.45) is -4.49. The van der Waals surface area contributed by atoms with Gasteiger partial charge in [-0.3, -0.25) is 25.1 Å². The second-order valence-electron chi connectivity index (χ2n) is 6.74. The molecule has 0 atom stereocenters. The van der Waals surface area contributed by atoms with Gasteiger partial charge in [-0.2, -0.15) is 18.3 Å². The van der Waals surface area contributed by atoms with Gasteiger partial charge in [0.1, 0.15) is 18.0 Å². The number of amides is 2. The zero-order chi connectivity index (χ0) is 22.6. The van der Waals surface area contributed by atoms with Crippen LogP contribution in [0, 0.1) is 13.8 Å². The summed E-state index contributed by atoms with van der Waals surface area (Å²) in [7, 11) is 0. The number of hydrogen-bond donors (Lipinski definition) is 2. The number of aryl methyl sites for hydroxylation is 2. The maximum absolute atomic E-state index is 12.8. The Balaban J connectivity index is 1.61. The highest BCUT2D eigenvalue weighted by Crippen LogP contribution is 2.32. The van der Waals surface area contributed by atoms with Crippen LogP contribution in [0.3, 0.4) is 0 Å². The third-order valence-corrected chi connectivity index (χ3v) is 4.21. The molecule has 1 heterocycles. The van der Waals surface area contributed by atoms with Crippen molar-refractivity contribution in [1.82, 2.24) is 20.6 Å². The molecule has 0 spiro atoms. The Kier molecular flexibility index (Phi) is 6.28. The number of ether oxygens (including phenoxy) is 1. The molecule has 0 saturated carbocycles. The third kappa shape index (κ3) is 5.84. The highest BCUT2D eigenvalue weighted by Gasteiger charge is 2.30. The lowest BCUT2D eigenvalue weighted by molar-refractivity contribution is -0.137. The molecule has 0 radical (unpaired) electrons. The molecule has 2 aromatic carbocycles. The van der Waals surface area contributed by atoms with Crippen LogP contribution in [0.25, 0.3) is 0 Å². The second kappa shape index (κ2) is 8.90. The Labute approximate surface area is 175 Å². The van der Waals surface area contributed by atoms with Crippen LogP contribution in [-0.4, -0.2) is 21.6 Å². The van der Waals surface area contributed by atoms with E-state index in [0.29, 0.717) is 0 Å². The van der Waals surface area contributed by atoms with Crippen LogP contribution in [0.4, 0.5) is 13.2 Å². The van der Waals surface area contributed by atoms with Gasteiger partial charge in [-0.05, 0) is 56.3 Å². The lowest BCUT2D eigenvalue weighted by Crippen LogP contribution is -2.43. The number of rotatable bonds is 5. The first kappa shape index (κ1) is 21.9. The summed E-state index contributed by atoms with van der Waals surface area (Å²) in [5.74, 6) is -0.946. The lowest BCUT2D eigenvalue weighted by atomic mass is 10.2. The Morgan fingerprint density at radius 3 is 2.32 bits per heavy atom. The van der Waals surface area contributed by atoms with Gasteiger partial charge in [0.05, 0.1) is 11.3 Å². The van der Waals surface area contributed by atoms with Crippen LogP contribution in [-0.2, 0) is 17.5 Å². The minimum Gasteiger partial charge on any atom is -0.457 e. The number of benzene rings is 2. The van der Waals surface area contributed by atoms with Crippen molar-refractivity contribution < 1.29 is 27.5 Å². The van der Waals surface area contributed by atoms with Crippen LogP contribution < -0.4 is 15.6 Å². The maximum atomic E-state index is 12.8. The van der Waals surface area contributed by atoms with E-state index in [1.54, 1.807) is 6.92 Å². The van der Waals surface area contributed by atoms with Crippen LogP contribution >= 0.6 is 0 Å². The summed E-state index contributed by atoms with van der Waals surface area (Å²) in [4.78, 5) is 24.3. The average Bonchev–Trinajstić information content (AvgIpc) is 3.02. The molecule has 0 aliphatic carbocycles. The van der Waals surface area contributed by atoms with Gasteiger partial charge >= 0.3 is 6.18 Å². The lowest BCUT2D eigenvalue weighted by Gasteiger charge is -2.11. The molecule has 0 aliphatic rings. The van der Waals surface area contributed by atoms with Gasteiger partial charge in [0, 0.05) is 11.3 Å². The highest BCUT2D eigenvalue weighted by atomic mass is 19.4. The van der Waals surface area contributed by atoms with E-state index in [-0.39, 0.29) is 23.6 Å². The molecule has 2 amide bonds. The monoisotopic (exact) mass is 432 g/mol. The summed E-state index contributed by atoms with van der Waals surface area (Å²) in [5.41, 5.74) is 5.46. The summed E-state index contributed by atoms with van der Waals surface area (Å²) in [5, 5.41) is 4.16. The Morgan fingerprint density at radius 2 is 1.68 bits per heavy atom. The van der Waals surface area contributed by atoms with Gasteiger partial charge in [-0.15, -0.1) is 0 Å². The topological polar surface area (TPSA) is 85.2 Å². The van der Waals surface area contributed by atoms with Gasteiger partial charge in [0.25, 0.3) is 11.8 Å². The van der Waals surface area contributed by atoms with E-state index in [0.717, 1.165) is 23.5 Å². The first-order chi connectivity index (χ1) is 14.6. The molecule has 3 aromatic rings. The summed E-state index contributed by atoms with van der Waals surface area (Å²) >= 11 is 0. The van der Waals surface area contributed by atoms with E-state index in [9.17, 15) is 22.8 Å². The van der Waals surface area contributed by atoms with Crippen LogP contribution in [0.2, 0.25) is 0 Å². The largest absolute Gasteiger partial charge is 0.457 e. The van der Waals surface area contributed by atoms with Crippen LogP contribution in [0.1, 0.15) is 27.3 Å². The maximum Gasteiger partial charge on any atom is 0.416 e. The zero-order valence-corrected chi connectivity index (χ0v) is 16.7. The molecule has 2 N–H and O–H groups in total. The SMILES string of the molecule is Cc1cc(C)n(CC(=O)NNC(=O)c2cccc(Oc3cccc(C(F)(F)F)c3)c2)n1. The predicted molar refractivity (Wildman–Crippen MR) is 105 cm³/mol. The molecule has 7 nitrogen and oxygen atoms in total. The number of nitrogens with one attached hydrogen (secondary N) is 2. The molecule has 3 rings (SSSR count). The number of nitrogens with zero attached hydrogens (tertiary/aromatic N) is 2. The summed E-state index contributed by atoms with van der Waals surface area (Å²) in [6.45, 7) is 3.54. The Hall–Kier alpha value is -3.82. The van der Waals surface area contributed by atoms with Gasteiger partial charge in [0.15, 0.2) is 0 Å². The molecule has 0 fully saturated rings. The fourth-order valence-electron chi connectivity index (χ4n) is 2.78. The first-order valence-corrected chi connectivity index (χ1v) is 9.17. The number of alkyl halides is 3. The van der Waals surface area contributed by atoms with Crippen molar-refractivity contribution in [2.45, 2.75) is 26.6 Å². The van der Waals surface area contributed by atoms with Crippen molar-refractivity contribution in [2.75, 3.05) is 0 Å². The molecule has 1 aromatic heterocycles.